The second-order valence-corrected chi connectivity index (χ2v) is 3.40. The molecule has 1 heterocycles. The molecule has 13 heavy (non-hydrogen) atoms. The lowest BCUT2D eigenvalue weighted by molar-refractivity contribution is 0.0678. The first-order valence-corrected chi connectivity index (χ1v) is 4.32. The molecule has 0 aliphatic rings. The first-order valence-electron chi connectivity index (χ1n) is 3.15. The van der Waals surface area contributed by atoms with Crippen molar-refractivity contribution >= 4 is 33.3 Å². The molecule has 0 spiro atoms. The highest BCUT2D eigenvalue weighted by Crippen LogP contribution is 2.25. The van der Waals surface area contributed by atoms with E-state index in [4.69, 9.17) is 11.6 Å². The highest BCUT2D eigenvalue weighted by atomic mass is 79.9. The molecule has 0 aliphatic carbocycles. The lowest BCUT2D eigenvalue weighted by atomic mass is 10.2. The molecule has 70 valence electrons. The Kier molecular flexibility index (Phi) is 3.33. The van der Waals surface area contributed by atoms with Crippen LogP contribution in [0.15, 0.2) is 16.9 Å². The number of pyridine rings is 1. The molecule has 0 bridgehead atoms. The van der Waals surface area contributed by atoms with Crippen LogP contribution < -0.4 is 0 Å². The molecule has 0 atom stereocenters. The smallest absolute Gasteiger partial charge is 0.288 e. The molecule has 6 heteroatoms. The summed E-state index contributed by atoms with van der Waals surface area (Å²) < 4.78 is 24.2. The molecule has 0 saturated carbocycles. The fourth-order valence-electron chi connectivity index (χ4n) is 0.756. The van der Waals surface area contributed by atoms with E-state index in [1.807, 2.05) is 0 Å². The Bertz CT molecular complexity index is 325. The van der Waals surface area contributed by atoms with Crippen LogP contribution in [0.25, 0.3) is 0 Å². The molecule has 0 radical (unpaired) electrons. The molecule has 0 amide bonds. The Labute approximate surface area is 86.0 Å². The lowest BCUT2D eigenvalue weighted by Crippen LogP contribution is -2.11. The third kappa shape index (κ3) is 2.22. The first kappa shape index (κ1) is 10.5. The molecule has 0 aliphatic heterocycles. The van der Waals surface area contributed by atoms with E-state index in [1.165, 1.54) is 6.20 Å². The van der Waals surface area contributed by atoms with Crippen molar-refractivity contribution in [2.24, 2.45) is 0 Å². The summed E-state index contributed by atoms with van der Waals surface area (Å²) in [5.74, 6) is -1.31. The number of alkyl halides is 2. The number of nitrogens with zero attached hydrogens (tertiary/aromatic N) is 1. The van der Waals surface area contributed by atoms with Crippen molar-refractivity contribution in [3.63, 3.8) is 0 Å². The molecule has 2 nitrogen and oxygen atoms in total. The third-order valence-corrected chi connectivity index (χ3v) is 2.19. The van der Waals surface area contributed by atoms with E-state index in [0.29, 0.717) is 0 Å². The van der Waals surface area contributed by atoms with Crippen LogP contribution in [-0.2, 0) is 0 Å². The minimum atomic E-state index is -3.06. The topological polar surface area (TPSA) is 30.0 Å². The van der Waals surface area contributed by atoms with E-state index in [9.17, 15) is 13.6 Å². The van der Waals surface area contributed by atoms with Gasteiger partial charge in [0.2, 0.25) is 5.78 Å². The molecule has 0 aromatic carbocycles. The number of halogens is 4. The fraction of sp³-hybridized carbons (Fsp3) is 0.143. The van der Waals surface area contributed by atoms with Gasteiger partial charge in [-0.3, -0.25) is 9.78 Å². The van der Waals surface area contributed by atoms with Gasteiger partial charge in [0, 0.05) is 16.9 Å². The van der Waals surface area contributed by atoms with Crippen LogP contribution in [0.3, 0.4) is 0 Å². The minimum absolute atomic E-state index is 0.0836. The zero-order valence-electron chi connectivity index (χ0n) is 6.10. The van der Waals surface area contributed by atoms with Crippen molar-refractivity contribution in [1.29, 1.82) is 0 Å². The number of carbonyl (C=O) groups excluding carboxylic acids is 1. The van der Waals surface area contributed by atoms with Gasteiger partial charge in [-0.05, 0) is 15.9 Å². The SMILES string of the molecule is O=C(c1c(Cl)cncc1Br)C(F)F. The number of rotatable bonds is 2. The van der Waals surface area contributed by atoms with Gasteiger partial charge in [0.15, 0.2) is 0 Å². The summed E-state index contributed by atoms with van der Waals surface area (Å²) in [6, 6.07) is 0. The van der Waals surface area contributed by atoms with Crippen molar-refractivity contribution < 1.29 is 13.6 Å². The maximum Gasteiger partial charge on any atom is 0.300 e. The number of Topliss-reactive ketones (excluding diaryl/α,β-unsaturated/α-hetero) is 1. The summed E-state index contributed by atoms with van der Waals surface area (Å²) in [5, 5.41) is -0.0836. The number of hydrogen-bond donors (Lipinski definition) is 0. The van der Waals surface area contributed by atoms with Crippen LogP contribution in [0.1, 0.15) is 10.4 Å². The van der Waals surface area contributed by atoms with Gasteiger partial charge in [-0.1, -0.05) is 11.6 Å². The van der Waals surface area contributed by atoms with Crippen LogP contribution >= 0.6 is 27.5 Å². The first-order chi connectivity index (χ1) is 6.04. The maximum absolute atomic E-state index is 12.0. The van der Waals surface area contributed by atoms with Crippen molar-refractivity contribution in [2.45, 2.75) is 6.43 Å². The lowest BCUT2D eigenvalue weighted by Gasteiger charge is -2.03. The van der Waals surface area contributed by atoms with E-state index in [0.717, 1.165) is 6.20 Å². The Morgan fingerprint density at radius 3 is 2.62 bits per heavy atom. The standard InChI is InChI=1S/C7H3BrClF2NO/c8-3-1-12-2-4(9)5(3)6(13)7(10)11/h1-2,7H. The van der Waals surface area contributed by atoms with E-state index >= 15 is 0 Å². The van der Waals surface area contributed by atoms with Gasteiger partial charge in [0.05, 0.1) is 10.6 Å². The molecule has 1 aromatic rings. The summed E-state index contributed by atoms with van der Waals surface area (Å²) >= 11 is 8.44. The molecular formula is C7H3BrClF2NO. The quantitative estimate of drug-likeness (QED) is 0.773. The fourth-order valence-corrected chi connectivity index (χ4v) is 1.65. The Morgan fingerprint density at radius 1 is 1.54 bits per heavy atom. The Balaban J connectivity index is 3.20. The molecule has 0 unspecified atom stereocenters. The molecular weight excluding hydrogens is 267 g/mol. The van der Waals surface area contributed by atoms with Gasteiger partial charge in [-0.2, -0.15) is 0 Å². The zero-order chi connectivity index (χ0) is 10.0. The van der Waals surface area contributed by atoms with Crippen molar-refractivity contribution in [1.82, 2.24) is 4.98 Å². The predicted octanol–water partition coefficient (Wildman–Crippen LogP) is 2.95. The molecule has 0 N–H and O–H groups in total. The second kappa shape index (κ2) is 4.11. The Morgan fingerprint density at radius 2 is 2.15 bits per heavy atom. The van der Waals surface area contributed by atoms with Gasteiger partial charge in [-0.25, -0.2) is 8.78 Å². The predicted molar refractivity (Wildman–Crippen MR) is 47.3 cm³/mol. The highest BCUT2D eigenvalue weighted by Gasteiger charge is 2.23. The highest BCUT2D eigenvalue weighted by molar-refractivity contribution is 9.10. The van der Waals surface area contributed by atoms with E-state index in [1.54, 1.807) is 0 Å². The van der Waals surface area contributed by atoms with Gasteiger partial charge < -0.3 is 0 Å². The second-order valence-electron chi connectivity index (χ2n) is 2.14. The minimum Gasteiger partial charge on any atom is -0.288 e. The van der Waals surface area contributed by atoms with E-state index in [-0.39, 0.29) is 15.1 Å². The maximum atomic E-state index is 12.0. The zero-order valence-corrected chi connectivity index (χ0v) is 8.44. The van der Waals surface area contributed by atoms with Crippen molar-refractivity contribution in [3.05, 3.63) is 27.5 Å². The summed E-state index contributed by atoms with van der Waals surface area (Å²) in [6.45, 7) is 0. The number of ketones is 1. The largest absolute Gasteiger partial charge is 0.300 e. The summed E-state index contributed by atoms with van der Waals surface area (Å²) in [5.41, 5.74) is -0.230. The average molecular weight is 270 g/mol. The number of hydrogen-bond acceptors (Lipinski definition) is 2. The summed E-state index contributed by atoms with van der Waals surface area (Å²) in [4.78, 5) is 14.5. The van der Waals surface area contributed by atoms with Gasteiger partial charge >= 0.3 is 6.43 Å². The number of carbonyl (C=O) groups is 1. The van der Waals surface area contributed by atoms with Gasteiger partial charge in [0.1, 0.15) is 0 Å². The average Bonchev–Trinajstić information content (AvgIpc) is 2.03. The third-order valence-electron chi connectivity index (χ3n) is 1.30. The van der Waals surface area contributed by atoms with Crippen LogP contribution in [0.4, 0.5) is 8.78 Å². The number of aromatic nitrogens is 1. The molecule has 1 rings (SSSR count). The molecule has 0 saturated heterocycles. The van der Waals surface area contributed by atoms with Gasteiger partial charge in [-0.15, -0.1) is 0 Å². The van der Waals surface area contributed by atoms with Crippen LogP contribution in [0.2, 0.25) is 5.02 Å². The summed E-state index contributed by atoms with van der Waals surface area (Å²) in [6.07, 6.45) is -0.681. The van der Waals surface area contributed by atoms with Crippen molar-refractivity contribution in [3.8, 4) is 0 Å². The van der Waals surface area contributed by atoms with E-state index < -0.39 is 12.2 Å². The Hall–Kier alpha value is -0.550. The van der Waals surface area contributed by atoms with Crippen molar-refractivity contribution in [2.75, 3.05) is 0 Å². The normalized spacial score (nSPS) is 10.5. The van der Waals surface area contributed by atoms with Crippen LogP contribution in [-0.4, -0.2) is 17.2 Å². The van der Waals surface area contributed by atoms with Gasteiger partial charge in [0.25, 0.3) is 0 Å². The molecule has 1 aromatic heterocycles. The van der Waals surface area contributed by atoms with Crippen LogP contribution in [0.5, 0.6) is 0 Å². The van der Waals surface area contributed by atoms with Crippen LogP contribution in [0, 0.1) is 0 Å². The molecule has 0 fully saturated rings. The summed E-state index contributed by atoms with van der Waals surface area (Å²) in [7, 11) is 0. The van der Waals surface area contributed by atoms with E-state index in [2.05, 4.69) is 20.9 Å². The monoisotopic (exact) mass is 269 g/mol.